The Labute approximate surface area is 249 Å². The van der Waals surface area contributed by atoms with Crippen LogP contribution < -0.4 is 15.5 Å². The zero-order valence-electron chi connectivity index (χ0n) is 24.3. The molecule has 2 amide bonds. The first-order valence-corrected chi connectivity index (χ1v) is 15.1. The van der Waals surface area contributed by atoms with Gasteiger partial charge >= 0.3 is 0 Å². The molecule has 0 saturated carbocycles. The largest absolute Gasteiger partial charge is 0.379 e. The molecule has 222 valence electrons. The summed E-state index contributed by atoms with van der Waals surface area (Å²) < 4.78 is 11.0. The van der Waals surface area contributed by atoms with Crippen molar-refractivity contribution in [1.82, 2.24) is 10.2 Å². The van der Waals surface area contributed by atoms with Crippen molar-refractivity contribution in [3.8, 4) is 0 Å². The summed E-state index contributed by atoms with van der Waals surface area (Å²) in [6.07, 6.45) is 3.23. The second-order valence-electron chi connectivity index (χ2n) is 11.1. The number of benzene rings is 3. The van der Waals surface area contributed by atoms with Crippen molar-refractivity contribution < 1.29 is 19.1 Å². The molecule has 5 rings (SSSR count). The molecule has 0 atom stereocenters. The summed E-state index contributed by atoms with van der Waals surface area (Å²) in [5, 5.41) is 6.03. The lowest BCUT2D eigenvalue weighted by Gasteiger charge is -2.35. The number of nitrogens with one attached hydrogen (secondary N) is 2. The first-order chi connectivity index (χ1) is 20.6. The molecule has 8 heteroatoms. The maximum absolute atomic E-state index is 13.5. The predicted octanol–water partition coefficient (Wildman–Crippen LogP) is 4.36. The highest BCUT2D eigenvalue weighted by Crippen LogP contribution is 2.30. The van der Waals surface area contributed by atoms with Gasteiger partial charge in [-0.25, -0.2) is 0 Å². The fourth-order valence-corrected chi connectivity index (χ4v) is 5.68. The number of carbonyl (C=O) groups is 2. The first kappa shape index (κ1) is 29.8. The van der Waals surface area contributed by atoms with Gasteiger partial charge in [-0.3, -0.25) is 14.5 Å². The number of hydrogen-bond acceptors (Lipinski definition) is 6. The quantitative estimate of drug-likeness (QED) is 0.337. The number of morpholine rings is 1. The maximum atomic E-state index is 13.5. The Morgan fingerprint density at radius 3 is 2.26 bits per heavy atom. The molecule has 2 heterocycles. The van der Waals surface area contributed by atoms with Crippen molar-refractivity contribution in [2.75, 3.05) is 69.3 Å². The Bertz CT molecular complexity index is 1270. The van der Waals surface area contributed by atoms with Gasteiger partial charge in [0.25, 0.3) is 5.91 Å². The van der Waals surface area contributed by atoms with Crippen molar-refractivity contribution in [3.63, 3.8) is 0 Å². The summed E-state index contributed by atoms with van der Waals surface area (Å²) >= 11 is 0. The third-order valence-corrected chi connectivity index (χ3v) is 8.01. The van der Waals surface area contributed by atoms with Gasteiger partial charge in [-0.15, -0.1) is 0 Å². The second-order valence-corrected chi connectivity index (χ2v) is 11.1. The molecule has 0 bridgehead atoms. The van der Waals surface area contributed by atoms with Crippen LogP contribution in [-0.4, -0.2) is 75.8 Å². The van der Waals surface area contributed by atoms with Crippen LogP contribution in [0, 0.1) is 5.92 Å². The smallest absolute Gasteiger partial charge is 0.253 e. The molecule has 2 aliphatic heterocycles. The molecule has 0 unspecified atom stereocenters. The van der Waals surface area contributed by atoms with Crippen LogP contribution in [0.5, 0.6) is 0 Å². The maximum Gasteiger partial charge on any atom is 0.253 e. The van der Waals surface area contributed by atoms with Crippen molar-refractivity contribution in [2.45, 2.75) is 25.9 Å². The summed E-state index contributed by atoms with van der Waals surface area (Å²) in [5.41, 5.74) is 4.48. The average Bonchev–Trinajstić information content (AvgIpc) is 3.03. The molecule has 0 radical (unpaired) electrons. The Balaban J connectivity index is 1.21. The number of carbonyl (C=O) groups excluding carboxylic acids is 2. The molecule has 42 heavy (non-hydrogen) atoms. The van der Waals surface area contributed by atoms with Crippen molar-refractivity contribution >= 4 is 23.2 Å². The van der Waals surface area contributed by atoms with E-state index in [1.807, 2.05) is 42.5 Å². The van der Waals surface area contributed by atoms with Crippen LogP contribution in [0.4, 0.5) is 11.4 Å². The van der Waals surface area contributed by atoms with Gasteiger partial charge in [-0.1, -0.05) is 60.7 Å². The molecular weight excluding hydrogens is 528 g/mol. The minimum Gasteiger partial charge on any atom is -0.379 e. The van der Waals surface area contributed by atoms with E-state index in [1.54, 1.807) is 6.07 Å². The molecule has 2 saturated heterocycles. The average molecular weight is 571 g/mol. The Morgan fingerprint density at radius 2 is 1.55 bits per heavy atom. The van der Waals surface area contributed by atoms with Crippen molar-refractivity contribution in [1.29, 1.82) is 0 Å². The summed E-state index contributed by atoms with van der Waals surface area (Å²) in [7, 11) is 0. The second kappa shape index (κ2) is 15.5. The van der Waals surface area contributed by atoms with Gasteiger partial charge in [0.2, 0.25) is 5.91 Å². The third-order valence-electron chi connectivity index (χ3n) is 8.01. The minimum atomic E-state index is -0.251. The Hall–Kier alpha value is -3.72. The van der Waals surface area contributed by atoms with E-state index in [0.717, 1.165) is 76.5 Å². The highest BCUT2D eigenvalue weighted by Gasteiger charge is 2.24. The zero-order chi connectivity index (χ0) is 29.0. The Kier molecular flexibility index (Phi) is 11.0. The molecule has 8 nitrogen and oxygen atoms in total. The van der Waals surface area contributed by atoms with E-state index in [-0.39, 0.29) is 18.4 Å². The van der Waals surface area contributed by atoms with E-state index >= 15 is 0 Å². The molecule has 3 aromatic rings. The first-order valence-electron chi connectivity index (χ1n) is 15.1. The van der Waals surface area contributed by atoms with Crippen LogP contribution in [0.1, 0.15) is 34.3 Å². The molecule has 0 aromatic heterocycles. The highest BCUT2D eigenvalue weighted by atomic mass is 16.5. The molecule has 2 N–H and O–H groups in total. The van der Waals surface area contributed by atoms with Crippen LogP contribution in [0.15, 0.2) is 78.9 Å². The van der Waals surface area contributed by atoms with E-state index in [0.29, 0.717) is 30.3 Å². The van der Waals surface area contributed by atoms with Gasteiger partial charge in [-0.05, 0) is 54.5 Å². The number of anilines is 2. The number of piperidine rings is 1. The lowest BCUT2D eigenvalue weighted by molar-refractivity contribution is -0.121. The number of amides is 2. The number of ether oxygens (including phenoxy) is 2. The fourth-order valence-electron chi connectivity index (χ4n) is 5.68. The van der Waals surface area contributed by atoms with Gasteiger partial charge in [0.1, 0.15) is 6.61 Å². The van der Waals surface area contributed by atoms with Crippen LogP contribution in [0.25, 0.3) is 0 Å². The van der Waals surface area contributed by atoms with Crippen molar-refractivity contribution in [3.05, 3.63) is 95.6 Å². The molecular formula is C34H42N4O4. The van der Waals surface area contributed by atoms with Gasteiger partial charge in [-0.2, -0.15) is 0 Å². The van der Waals surface area contributed by atoms with Crippen LogP contribution in [0.3, 0.4) is 0 Å². The number of hydrogen-bond donors (Lipinski definition) is 2. The molecule has 0 aliphatic carbocycles. The topological polar surface area (TPSA) is 83.1 Å². The number of nitrogens with zero attached hydrogens (tertiary/aromatic N) is 2. The van der Waals surface area contributed by atoms with Crippen LogP contribution in [0.2, 0.25) is 0 Å². The van der Waals surface area contributed by atoms with Crippen LogP contribution in [-0.2, 0) is 27.3 Å². The summed E-state index contributed by atoms with van der Waals surface area (Å²) in [4.78, 5) is 30.8. The Morgan fingerprint density at radius 1 is 0.857 bits per heavy atom. The lowest BCUT2D eigenvalue weighted by Crippen LogP contribution is -2.41. The van der Waals surface area contributed by atoms with Gasteiger partial charge in [0.15, 0.2) is 0 Å². The van der Waals surface area contributed by atoms with Gasteiger partial charge in [0, 0.05) is 50.6 Å². The van der Waals surface area contributed by atoms with E-state index in [2.05, 4.69) is 50.8 Å². The molecule has 0 spiro atoms. The van der Waals surface area contributed by atoms with Gasteiger partial charge in [0.05, 0.1) is 25.4 Å². The lowest BCUT2D eigenvalue weighted by atomic mass is 9.89. The monoisotopic (exact) mass is 570 g/mol. The van der Waals surface area contributed by atoms with Crippen LogP contribution >= 0.6 is 0 Å². The normalized spacial score (nSPS) is 16.2. The predicted molar refractivity (Wildman–Crippen MR) is 166 cm³/mol. The standard InChI is InChI=1S/C34H42N4O4/c39-33(26-42-25-29-9-5-2-6-10-29)36-30-11-12-32(31(24-30)34(40)35-15-18-37-19-21-41-22-20-37)38-16-13-28(14-17-38)23-27-7-3-1-4-8-27/h1-12,24,28H,13-23,25-26H2,(H,35,40)(H,36,39). The van der Waals surface area contributed by atoms with E-state index < -0.39 is 0 Å². The van der Waals surface area contributed by atoms with Gasteiger partial charge < -0.3 is 25.0 Å². The molecule has 2 aliphatic rings. The van der Waals surface area contributed by atoms with Crippen molar-refractivity contribution in [2.24, 2.45) is 5.92 Å². The van der Waals surface area contributed by atoms with E-state index in [9.17, 15) is 9.59 Å². The van der Waals surface area contributed by atoms with E-state index in [4.69, 9.17) is 9.47 Å². The molecule has 2 fully saturated rings. The SMILES string of the molecule is O=C(COCc1ccccc1)Nc1ccc(N2CCC(Cc3ccccc3)CC2)c(C(=O)NCCN2CCOCC2)c1. The number of rotatable bonds is 12. The molecule has 3 aromatic carbocycles. The summed E-state index contributed by atoms with van der Waals surface area (Å²) in [6.45, 7) is 6.65. The zero-order valence-corrected chi connectivity index (χ0v) is 24.3. The van der Waals surface area contributed by atoms with E-state index in [1.165, 1.54) is 5.56 Å². The fraction of sp³-hybridized carbons (Fsp3) is 0.412. The summed E-state index contributed by atoms with van der Waals surface area (Å²) in [6, 6.07) is 26.1. The summed E-state index contributed by atoms with van der Waals surface area (Å²) in [5.74, 6) is 0.254. The third kappa shape index (κ3) is 8.89. The highest BCUT2D eigenvalue weighted by molar-refractivity contribution is 6.02. The minimum absolute atomic E-state index is 0.0628.